The molecule has 0 saturated heterocycles. The van der Waals surface area contributed by atoms with Gasteiger partial charge in [0.25, 0.3) is 0 Å². The van der Waals surface area contributed by atoms with Crippen LogP contribution in [0.4, 0.5) is 10.5 Å². The third kappa shape index (κ3) is 2.89. The zero-order chi connectivity index (χ0) is 12.3. The maximum atomic E-state index is 11.6. The molecule has 1 saturated carbocycles. The van der Waals surface area contributed by atoms with Crippen molar-refractivity contribution in [1.82, 2.24) is 5.32 Å². The summed E-state index contributed by atoms with van der Waals surface area (Å²) in [6.45, 7) is 0. The van der Waals surface area contributed by atoms with Gasteiger partial charge in [0.05, 0.1) is 22.3 Å². The topological polar surface area (TPSA) is 64.9 Å². The second-order valence-electron chi connectivity index (χ2n) is 4.03. The highest BCUT2D eigenvalue weighted by Crippen LogP contribution is 2.23. The smallest absolute Gasteiger partial charge is 0.319 e. The van der Waals surface area contributed by atoms with Crippen molar-refractivity contribution in [1.29, 1.82) is 5.26 Å². The summed E-state index contributed by atoms with van der Waals surface area (Å²) >= 11 is 5.93. The van der Waals surface area contributed by atoms with Gasteiger partial charge >= 0.3 is 6.03 Å². The van der Waals surface area contributed by atoms with Crippen molar-refractivity contribution in [2.24, 2.45) is 0 Å². The van der Waals surface area contributed by atoms with Crippen molar-refractivity contribution < 1.29 is 4.79 Å². The lowest BCUT2D eigenvalue weighted by atomic mass is 9.93. The third-order valence-corrected chi connectivity index (χ3v) is 3.11. The molecule has 0 heterocycles. The van der Waals surface area contributed by atoms with Crippen LogP contribution in [0.5, 0.6) is 0 Å². The number of nitriles is 1. The minimum atomic E-state index is -0.272. The fourth-order valence-corrected chi connectivity index (χ4v) is 1.75. The van der Waals surface area contributed by atoms with E-state index in [-0.39, 0.29) is 12.1 Å². The van der Waals surface area contributed by atoms with Gasteiger partial charge in [0.15, 0.2) is 0 Å². The summed E-state index contributed by atoms with van der Waals surface area (Å²) in [7, 11) is 0. The molecule has 2 N–H and O–H groups in total. The Bertz CT molecular complexity index is 477. The lowest BCUT2D eigenvalue weighted by Crippen LogP contribution is -2.41. The molecule has 5 heteroatoms. The van der Waals surface area contributed by atoms with E-state index in [2.05, 4.69) is 10.6 Å². The summed E-state index contributed by atoms with van der Waals surface area (Å²) in [5, 5.41) is 14.7. The number of urea groups is 1. The average molecular weight is 250 g/mol. The van der Waals surface area contributed by atoms with Crippen LogP contribution in [0.3, 0.4) is 0 Å². The molecule has 88 valence electrons. The number of rotatable bonds is 2. The van der Waals surface area contributed by atoms with Gasteiger partial charge in [0.1, 0.15) is 0 Å². The number of halogens is 1. The average Bonchev–Trinajstić information content (AvgIpc) is 2.27. The predicted octanol–water partition coefficient (Wildman–Crippen LogP) is 2.89. The fourth-order valence-electron chi connectivity index (χ4n) is 1.59. The number of hydrogen-bond acceptors (Lipinski definition) is 2. The van der Waals surface area contributed by atoms with Crippen molar-refractivity contribution in [3.63, 3.8) is 0 Å². The predicted molar refractivity (Wildman–Crippen MR) is 66.0 cm³/mol. The van der Waals surface area contributed by atoms with Gasteiger partial charge in [-0.1, -0.05) is 11.6 Å². The van der Waals surface area contributed by atoms with Crippen LogP contribution in [0.15, 0.2) is 18.2 Å². The summed E-state index contributed by atoms with van der Waals surface area (Å²) in [6, 6.07) is 6.76. The van der Waals surface area contributed by atoms with E-state index in [1.807, 2.05) is 6.07 Å². The monoisotopic (exact) mass is 249 g/mol. The van der Waals surface area contributed by atoms with Gasteiger partial charge in [-0.2, -0.15) is 5.26 Å². The third-order valence-electron chi connectivity index (χ3n) is 2.78. The van der Waals surface area contributed by atoms with Crippen LogP contribution in [-0.4, -0.2) is 12.1 Å². The fraction of sp³-hybridized carbons (Fsp3) is 0.333. The molecule has 0 bridgehead atoms. The molecule has 1 fully saturated rings. The number of carbonyl (C=O) groups excluding carboxylic acids is 1. The summed E-state index contributed by atoms with van der Waals surface area (Å²) in [6.07, 6.45) is 3.22. The van der Waals surface area contributed by atoms with Gasteiger partial charge in [-0.05, 0) is 37.5 Å². The van der Waals surface area contributed by atoms with Gasteiger partial charge in [0, 0.05) is 6.04 Å². The van der Waals surface area contributed by atoms with Crippen LogP contribution in [0.2, 0.25) is 5.02 Å². The number of anilines is 1. The van der Waals surface area contributed by atoms with Crippen molar-refractivity contribution in [3.05, 3.63) is 28.8 Å². The minimum absolute atomic E-state index is 0.271. The van der Waals surface area contributed by atoms with Crippen LogP contribution >= 0.6 is 11.6 Å². The number of hydrogen-bond donors (Lipinski definition) is 2. The van der Waals surface area contributed by atoms with Gasteiger partial charge < -0.3 is 10.6 Å². The summed E-state index contributed by atoms with van der Waals surface area (Å²) in [4.78, 5) is 11.6. The Morgan fingerprint density at radius 2 is 2.24 bits per heavy atom. The number of amides is 2. The summed E-state index contributed by atoms with van der Waals surface area (Å²) < 4.78 is 0. The van der Waals surface area contributed by atoms with Crippen LogP contribution < -0.4 is 10.6 Å². The molecule has 2 rings (SSSR count). The first-order valence-electron chi connectivity index (χ1n) is 5.46. The molecule has 0 unspecified atom stereocenters. The Morgan fingerprint density at radius 3 is 2.82 bits per heavy atom. The van der Waals surface area contributed by atoms with Gasteiger partial charge in [-0.25, -0.2) is 4.79 Å². The van der Waals surface area contributed by atoms with Crippen LogP contribution in [0, 0.1) is 11.3 Å². The van der Waals surface area contributed by atoms with E-state index in [0.717, 1.165) is 19.3 Å². The van der Waals surface area contributed by atoms with Crippen molar-refractivity contribution in [3.8, 4) is 6.07 Å². The van der Waals surface area contributed by atoms with Crippen molar-refractivity contribution in [2.75, 3.05) is 5.32 Å². The zero-order valence-electron chi connectivity index (χ0n) is 9.16. The molecule has 0 aromatic heterocycles. The first-order chi connectivity index (χ1) is 8.19. The molecule has 2 amide bonds. The Hall–Kier alpha value is -1.73. The first kappa shape index (κ1) is 11.7. The van der Waals surface area contributed by atoms with E-state index in [1.165, 1.54) is 0 Å². The number of benzene rings is 1. The molecule has 1 aliphatic rings. The van der Waals surface area contributed by atoms with Gasteiger partial charge in [-0.3, -0.25) is 0 Å². The molecule has 0 radical (unpaired) electrons. The molecule has 0 spiro atoms. The van der Waals surface area contributed by atoms with Crippen molar-refractivity contribution >= 4 is 23.3 Å². The molecule has 1 aliphatic carbocycles. The van der Waals surface area contributed by atoms with Gasteiger partial charge in [-0.15, -0.1) is 0 Å². The molecule has 4 nitrogen and oxygen atoms in total. The normalized spacial score (nSPS) is 14.6. The van der Waals surface area contributed by atoms with Gasteiger partial charge in [0.2, 0.25) is 0 Å². The lowest BCUT2D eigenvalue weighted by Gasteiger charge is -2.26. The Balaban J connectivity index is 2.01. The molecule has 0 atom stereocenters. The number of carbonyl (C=O) groups is 1. The Kier molecular flexibility index (Phi) is 3.50. The van der Waals surface area contributed by atoms with E-state index >= 15 is 0 Å². The highest BCUT2D eigenvalue weighted by molar-refractivity contribution is 6.33. The Labute approximate surface area is 105 Å². The highest BCUT2D eigenvalue weighted by Gasteiger charge is 2.19. The minimum Gasteiger partial charge on any atom is -0.335 e. The molecular weight excluding hydrogens is 238 g/mol. The van der Waals surface area contributed by atoms with E-state index in [4.69, 9.17) is 16.9 Å². The highest BCUT2D eigenvalue weighted by atomic mass is 35.5. The van der Waals surface area contributed by atoms with Crippen LogP contribution in [-0.2, 0) is 0 Å². The lowest BCUT2D eigenvalue weighted by molar-refractivity contribution is 0.240. The molecule has 1 aromatic carbocycles. The first-order valence-corrected chi connectivity index (χ1v) is 5.84. The summed E-state index contributed by atoms with van der Waals surface area (Å²) in [5.41, 5.74) is 0.927. The number of nitrogens with one attached hydrogen (secondary N) is 2. The zero-order valence-corrected chi connectivity index (χ0v) is 9.92. The SMILES string of the molecule is N#Cc1ccc(Cl)c(NC(=O)NC2CCC2)c1. The standard InChI is InChI=1S/C12H12ClN3O/c13-10-5-4-8(7-14)6-11(10)16-12(17)15-9-2-1-3-9/h4-6,9H,1-3H2,(H2,15,16,17). The van der Waals surface area contributed by atoms with E-state index in [9.17, 15) is 4.79 Å². The number of nitrogens with zero attached hydrogens (tertiary/aromatic N) is 1. The molecule has 0 aliphatic heterocycles. The van der Waals surface area contributed by atoms with Crippen LogP contribution in [0.25, 0.3) is 0 Å². The van der Waals surface area contributed by atoms with Crippen molar-refractivity contribution in [2.45, 2.75) is 25.3 Å². The molecule has 17 heavy (non-hydrogen) atoms. The maximum absolute atomic E-state index is 11.6. The quantitative estimate of drug-likeness (QED) is 0.846. The maximum Gasteiger partial charge on any atom is 0.319 e. The van der Waals surface area contributed by atoms with E-state index in [0.29, 0.717) is 16.3 Å². The largest absolute Gasteiger partial charge is 0.335 e. The molecular formula is C12H12ClN3O. The summed E-state index contributed by atoms with van der Waals surface area (Å²) in [5.74, 6) is 0. The van der Waals surface area contributed by atoms with E-state index in [1.54, 1.807) is 18.2 Å². The second kappa shape index (κ2) is 5.07. The van der Waals surface area contributed by atoms with E-state index < -0.39 is 0 Å². The Morgan fingerprint density at radius 1 is 1.47 bits per heavy atom. The van der Waals surface area contributed by atoms with Crippen LogP contribution in [0.1, 0.15) is 24.8 Å². The molecule has 1 aromatic rings. The second-order valence-corrected chi connectivity index (χ2v) is 4.44.